The summed E-state index contributed by atoms with van der Waals surface area (Å²) < 4.78 is 4.88. The molecule has 0 radical (unpaired) electrons. The van der Waals surface area contributed by atoms with Crippen molar-refractivity contribution >= 4 is 54.4 Å². The van der Waals surface area contributed by atoms with E-state index in [2.05, 4.69) is 234 Å². The molecule has 0 N–H and O–H groups in total. The molecule has 12 rings (SSSR count). The molecule has 0 spiro atoms. The highest BCUT2D eigenvalue weighted by molar-refractivity contribution is 6.21. The summed E-state index contributed by atoms with van der Waals surface area (Å²) in [5.74, 6) is 0. The van der Waals surface area contributed by atoms with E-state index in [4.69, 9.17) is 4.98 Å². The molecule has 3 nitrogen and oxygen atoms in total. The summed E-state index contributed by atoms with van der Waals surface area (Å²) in [5, 5.41) is 7.20. The molecule has 9 aromatic carbocycles. The number of hydrogen-bond donors (Lipinski definition) is 0. The summed E-state index contributed by atoms with van der Waals surface area (Å²) >= 11 is 0. The van der Waals surface area contributed by atoms with Gasteiger partial charge < -0.3 is 9.13 Å². The maximum atomic E-state index is 5.54. The van der Waals surface area contributed by atoms with Gasteiger partial charge in [-0.15, -0.1) is 0 Å². The first-order valence-corrected chi connectivity index (χ1v) is 20.5. The van der Waals surface area contributed by atoms with Crippen molar-refractivity contribution in [3.63, 3.8) is 0 Å². The third-order valence-corrected chi connectivity index (χ3v) is 12.1. The van der Waals surface area contributed by atoms with Crippen LogP contribution >= 0.6 is 0 Å². The van der Waals surface area contributed by atoms with Crippen molar-refractivity contribution in [2.24, 2.45) is 0 Å². The van der Waals surface area contributed by atoms with Crippen LogP contribution in [0.1, 0.15) is 0 Å². The molecule has 0 aliphatic carbocycles. The lowest BCUT2D eigenvalue weighted by molar-refractivity contribution is 1.16. The Morgan fingerprint density at radius 3 is 1.48 bits per heavy atom. The first kappa shape index (κ1) is 34.1. The average molecular weight is 764 g/mol. The second-order valence-electron chi connectivity index (χ2n) is 15.5. The molecule has 12 aromatic rings. The van der Waals surface area contributed by atoms with E-state index in [1.165, 1.54) is 54.5 Å². The molecule has 3 heterocycles. The number of fused-ring (bicyclic) bond motifs is 7. The minimum Gasteiger partial charge on any atom is -0.309 e. The normalized spacial score (nSPS) is 11.7. The fourth-order valence-corrected chi connectivity index (χ4v) is 9.34. The molecule has 0 atom stereocenters. The smallest absolute Gasteiger partial charge is 0.0743 e. The van der Waals surface area contributed by atoms with Gasteiger partial charge in [0.2, 0.25) is 0 Å². The minimum atomic E-state index is 0.942. The zero-order chi connectivity index (χ0) is 39.6. The van der Waals surface area contributed by atoms with E-state index in [1.54, 1.807) is 0 Å². The highest BCUT2D eigenvalue weighted by Gasteiger charge is 2.22. The second-order valence-corrected chi connectivity index (χ2v) is 15.5. The van der Waals surface area contributed by atoms with E-state index in [-0.39, 0.29) is 0 Å². The molecule has 3 heteroatoms. The van der Waals surface area contributed by atoms with E-state index in [0.717, 1.165) is 56.0 Å². The van der Waals surface area contributed by atoms with Crippen molar-refractivity contribution in [3.8, 4) is 56.1 Å². The Morgan fingerprint density at radius 2 is 0.783 bits per heavy atom. The third kappa shape index (κ3) is 5.48. The Bertz CT molecular complexity index is 3500. The number of rotatable bonds is 6. The van der Waals surface area contributed by atoms with Gasteiger partial charge in [0.1, 0.15) is 0 Å². The fourth-order valence-electron chi connectivity index (χ4n) is 9.34. The summed E-state index contributed by atoms with van der Waals surface area (Å²) in [6, 6.07) is 81.0. The first-order chi connectivity index (χ1) is 29.8. The topological polar surface area (TPSA) is 22.8 Å². The Kier molecular flexibility index (Phi) is 7.85. The van der Waals surface area contributed by atoms with Crippen LogP contribution in [0.3, 0.4) is 0 Å². The van der Waals surface area contributed by atoms with Gasteiger partial charge in [-0.25, -0.2) is 4.98 Å². The Balaban J connectivity index is 1.14. The minimum absolute atomic E-state index is 0.942. The Hall–Kier alpha value is -8.01. The van der Waals surface area contributed by atoms with Gasteiger partial charge in [0, 0.05) is 44.0 Å². The zero-order valence-corrected chi connectivity index (χ0v) is 32.7. The monoisotopic (exact) mass is 763 g/mol. The van der Waals surface area contributed by atoms with Gasteiger partial charge in [-0.3, -0.25) is 0 Å². The van der Waals surface area contributed by atoms with Crippen molar-refractivity contribution < 1.29 is 0 Å². The van der Waals surface area contributed by atoms with Crippen molar-refractivity contribution in [2.45, 2.75) is 0 Å². The predicted octanol–water partition coefficient (Wildman–Crippen LogP) is 15.1. The molecule has 0 unspecified atom stereocenters. The van der Waals surface area contributed by atoms with Gasteiger partial charge >= 0.3 is 0 Å². The molecule has 0 bridgehead atoms. The van der Waals surface area contributed by atoms with Crippen LogP contribution in [0.2, 0.25) is 0 Å². The van der Waals surface area contributed by atoms with Gasteiger partial charge in [-0.2, -0.15) is 0 Å². The average Bonchev–Trinajstić information content (AvgIpc) is 3.83. The molecule has 60 heavy (non-hydrogen) atoms. The molecule has 280 valence electrons. The van der Waals surface area contributed by atoms with Crippen molar-refractivity contribution in [1.29, 1.82) is 0 Å². The quantitative estimate of drug-likeness (QED) is 0.165. The molecular formula is C57H37N3. The van der Waals surface area contributed by atoms with Gasteiger partial charge in [0.25, 0.3) is 0 Å². The fraction of sp³-hybridized carbons (Fsp3) is 0. The summed E-state index contributed by atoms with van der Waals surface area (Å²) in [7, 11) is 0. The van der Waals surface area contributed by atoms with Crippen molar-refractivity contribution in [3.05, 3.63) is 224 Å². The second kappa shape index (κ2) is 13.8. The standard InChI is InChI=1S/C57H37N3/c1-4-16-38(17-5-1)40-28-30-44(31-29-40)59-53-26-14-12-24-47(53)49-37-45(32-33-55(49)59)60-54-27-15-13-25-48(54)50-34-42-22-10-11-23-46(42)56(57(50)60)52-36-43(39-18-6-2-7-19-39)35-51(58-52)41-20-8-3-9-21-41/h1-37H. The van der Waals surface area contributed by atoms with E-state index in [0.29, 0.717) is 0 Å². The largest absolute Gasteiger partial charge is 0.309 e. The lowest BCUT2D eigenvalue weighted by Crippen LogP contribution is -1.99. The molecular weight excluding hydrogens is 727 g/mol. The molecule has 0 aliphatic heterocycles. The summed E-state index contributed by atoms with van der Waals surface area (Å²) in [5.41, 5.74) is 15.7. The van der Waals surface area contributed by atoms with Crippen LogP contribution in [0.4, 0.5) is 0 Å². The van der Waals surface area contributed by atoms with E-state index in [9.17, 15) is 0 Å². The summed E-state index contributed by atoms with van der Waals surface area (Å²) in [6.45, 7) is 0. The van der Waals surface area contributed by atoms with Crippen LogP contribution in [0.25, 0.3) is 111 Å². The Labute approximate surface area is 347 Å². The van der Waals surface area contributed by atoms with Crippen LogP contribution in [-0.4, -0.2) is 14.1 Å². The maximum Gasteiger partial charge on any atom is 0.0743 e. The highest BCUT2D eigenvalue weighted by atomic mass is 15.0. The van der Waals surface area contributed by atoms with Gasteiger partial charge in [0.05, 0.1) is 33.5 Å². The molecule has 0 fully saturated rings. The Morgan fingerprint density at radius 1 is 0.283 bits per heavy atom. The van der Waals surface area contributed by atoms with Crippen LogP contribution < -0.4 is 0 Å². The van der Waals surface area contributed by atoms with Crippen LogP contribution in [0.5, 0.6) is 0 Å². The van der Waals surface area contributed by atoms with E-state index >= 15 is 0 Å². The SMILES string of the molecule is c1ccc(-c2ccc(-n3c4ccccc4c4cc(-n5c6ccccc6c6cc7ccccc7c(-c7cc(-c8ccccc8)cc(-c8ccccc8)n7)c65)ccc43)cc2)cc1. The van der Waals surface area contributed by atoms with Crippen LogP contribution in [-0.2, 0) is 0 Å². The predicted molar refractivity (Wildman–Crippen MR) is 252 cm³/mol. The number of pyridine rings is 1. The van der Waals surface area contributed by atoms with Crippen LogP contribution in [0, 0.1) is 0 Å². The number of nitrogens with zero attached hydrogens (tertiary/aromatic N) is 3. The highest BCUT2D eigenvalue weighted by Crippen LogP contribution is 2.44. The zero-order valence-electron chi connectivity index (χ0n) is 32.7. The summed E-state index contributed by atoms with van der Waals surface area (Å²) in [4.78, 5) is 5.54. The maximum absolute atomic E-state index is 5.54. The molecule has 0 aliphatic rings. The molecule has 0 saturated carbocycles. The number of aromatic nitrogens is 3. The van der Waals surface area contributed by atoms with E-state index < -0.39 is 0 Å². The van der Waals surface area contributed by atoms with Gasteiger partial charge in [-0.1, -0.05) is 164 Å². The van der Waals surface area contributed by atoms with Crippen LogP contribution in [0.15, 0.2) is 224 Å². The first-order valence-electron chi connectivity index (χ1n) is 20.5. The van der Waals surface area contributed by atoms with Crippen molar-refractivity contribution in [1.82, 2.24) is 14.1 Å². The lowest BCUT2D eigenvalue weighted by Gasteiger charge is -2.16. The molecule has 0 amide bonds. The number of hydrogen-bond acceptors (Lipinski definition) is 1. The summed E-state index contributed by atoms with van der Waals surface area (Å²) in [6.07, 6.45) is 0. The van der Waals surface area contributed by atoms with Gasteiger partial charge in [0.15, 0.2) is 0 Å². The molecule has 3 aromatic heterocycles. The van der Waals surface area contributed by atoms with E-state index in [1.807, 2.05) is 0 Å². The van der Waals surface area contributed by atoms with Crippen molar-refractivity contribution in [2.75, 3.05) is 0 Å². The van der Waals surface area contributed by atoms with Gasteiger partial charge in [-0.05, 0) is 93.7 Å². The lowest BCUT2D eigenvalue weighted by atomic mass is 9.94. The number of benzene rings is 9. The third-order valence-electron chi connectivity index (χ3n) is 12.1. The number of para-hydroxylation sites is 2. The molecule has 0 saturated heterocycles.